The zero-order chi connectivity index (χ0) is 9.56. The molecule has 0 aliphatic heterocycles. The molecule has 0 radical (unpaired) electrons. The standard InChI is InChI=1S/C11H14O/c1-5-6-7-8-9(2)10(3)11(4)12/h6,11-12H,1H2,2-4H3/b10-9+. The highest BCUT2D eigenvalue weighted by Gasteiger charge is 1.99. The molecule has 0 saturated carbocycles. The van der Waals surface area contributed by atoms with Crippen LogP contribution in [0, 0.1) is 11.8 Å². The van der Waals surface area contributed by atoms with E-state index >= 15 is 0 Å². The van der Waals surface area contributed by atoms with Crippen molar-refractivity contribution in [3.8, 4) is 11.8 Å². The minimum absolute atomic E-state index is 0.424. The molecule has 64 valence electrons. The van der Waals surface area contributed by atoms with Gasteiger partial charge in [-0.15, -0.1) is 5.73 Å². The van der Waals surface area contributed by atoms with E-state index in [1.54, 1.807) is 13.0 Å². The minimum Gasteiger partial charge on any atom is -0.389 e. The van der Waals surface area contributed by atoms with Crippen LogP contribution >= 0.6 is 0 Å². The van der Waals surface area contributed by atoms with E-state index in [1.165, 1.54) is 0 Å². The van der Waals surface area contributed by atoms with Crippen molar-refractivity contribution >= 4 is 0 Å². The van der Waals surface area contributed by atoms with Crippen molar-refractivity contribution in [3.63, 3.8) is 0 Å². The largest absolute Gasteiger partial charge is 0.389 e. The lowest BCUT2D eigenvalue weighted by atomic mass is 10.1. The molecule has 1 heteroatoms. The van der Waals surface area contributed by atoms with Gasteiger partial charge in [0, 0.05) is 11.6 Å². The first-order chi connectivity index (χ1) is 5.59. The molecule has 0 aromatic rings. The molecular formula is C11H14O. The third-order valence-electron chi connectivity index (χ3n) is 1.65. The maximum absolute atomic E-state index is 9.18. The van der Waals surface area contributed by atoms with Gasteiger partial charge in [0.05, 0.1) is 6.10 Å². The Kier molecular flexibility index (Phi) is 4.88. The molecule has 0 fully saturated rings. The van der Waals surface area contributed by atoms with Crippen LogP contribution in [0.2, 0.25) is 0 Å². The molecule has 1 atom stereocenters. The van der Waals surface area contributed by atoms with Crippen molar-refractivity contribution in [1.29, 1.82) is 0 Å². The molecule has 0 rings (SSSR count). The summed E-state index contributed by atoms with van der Waals surface area (Å²) < 4.78 is 0. The van der Waals surface area contributed by atoms with Gasteiger partial charge in [0.15, 0.2) is 0 Å². The van der Waals surface area contributed by atoms with E-state index in [0.717, 1.165) is 11.1 Å². The van der Waals surface area contributed by atoms with Crippen molar-refractivity contribution in [2.45, 2.75) is 26.9 Å². The summed E-state index contributed by atoms with van der Waals surface area (Å²) in [5, 5.41) is 9.18. The van der Waals surface area contributed by atoms with Gasteiger partial charge in [-0.3, -0.25) is 0 Å². The minimum atomic E-state index is -0.424. The van der Waals surface area contributed by atoms with Gasteiger partial charge in [-0.1, -0.05) is 18.4 Å². The van der Waals surface area contributed by atoms with Gasteiger partial charge in [-0.2, -0.15) is 0 Å². The molecule has 0 bridgehead atoms. The van der Waals surface area contributed by atoms with Gasteiger partial charge in [-0.05, 0) is 26.3 Å². The molecule has 1 nitrogen and oxygen atoms in total. The second kappa shape index (κ2) is 5.43. The molecule has 1 unspecified atom stereocenters. The summed E-state index contributed by atoms with van der Waals surface area (Å²) in [6.07, 6.45) is 1.13. The summed E-state index contributed by atoms with van der Waals surface area (Å²) in [5.74, 6) is 5.63. The van der Waals surface area contributed by atoms with Crippen molar-refractivity contribution in [1.82, 2.24) is 0 Å². The molecule has 0 spiro atoms. The summed E-state index contributed by atoms with van der Waals surface area (Å²) in [6, 6.07) is 0. The Balaban J connectivity index is 4.60. The smallest absolute Gasteiger partial charge is 0.0731 e. The highest BCUT2D eigenvalue weighted by Crippen LogP contribution is 2.06. The SMILES string of the molecule is C=C=CC#C/C(C)=C(\C)C(C)O. The summed E-state index contributed by atoms with van der Waals surface area (Å²) in [5.41, 5.74) is 4.36. The van der Waals surface area contributed by atoms with Crippen LogP contribution in [0.25, 0.3) is 0 Å². The van der Waals surface area contributed by atoms with Gasteiger partial charge in [0.1, 0.15) is 0 Å². The monoisotopic (exact) mass is 162 g/mol. The summed E-state index contributed by atoms with van der Waals surface area (Å²) in [4.78, 5) is 0. The zero-order valence-electron chi connectivity index (χ0n) is 7.81. The highest BCUT2D eigenvalue weighted by molar-refractivity contribution is 5.35. The van der Waals surface area contributed by atoms with Crippen LogP contribution in [0.3, 0.4) is 0 Å². The van der Waals surface area contributed by atoms with Crippen LogP contribution in [0.15, 0.2) is 29.5 Å². The molecule has 12 heavy (non-hydrogen) atoms. The summed E-state index contributed by atoms with van der Waals surface area (Å²) in [6.45, 7) is 8.86. The van der Waals surface area contributed by atoms with Gasteiger partial charge in [0.2, 0.25) is 0 Å². The summed E-state index contributed by atoms with van der Waals surface area (Å²) in [7, 11) is 0. The molecule has 0 heterocycles. The third-order valence-corrected chi connectivity index (χ3v) is 1.65. The lowest BCUT2D eigenvalue weighted by Gasteiger charge is -2.04. The van der Waals surface area contributed by atoms with Crippen LogP contribution in [0.4, 0.5) is 0 Å². The quantitative estimate of drug-likeness (QED) is 0.462. The van der Waals surface area contributed by atoms with E-state index in [1.807, 2.05) is 13.8 Å². The molecule has 1 N–H and O–H groups in total. The lowest BCUT2D eigenvalue weighted by molar-refractivity contribution is 0.230. The fraction of sp³-hybridized carbons (Fsp3) is 0.364. The fourth-order valence-electron chi connectivity index (χ4n) is 0.607. The molecule has 0 aliphatic rings. The van der Waals surface area contributed by atoms with Crippen molar-refractivity contribution in [2.24, 2.45) is 0 Å². The van der Waals surface area contributed by atoms with E-state index in [0.29, 0.717) is 0 Å². The molecule has 0 aliphatic carbocycles. The van der Waals surface area contributed by atoms with Crippen LogP contribution in [-0.2, 0) is 0 Å². The predicted molar refractivity (Wildman–Crippen MR) is 51.5 cm³/mol. The highest BCUT2D eigenvalue weighted by atomic mass is 16.3. The van der Waals surface area contributed by atoms with Crippen LogP contribution in [0.5, 0.6) is 0 Å². The van der Waals surface area contributed by atoms with Crippen molar-refractivity contribution < 1.29 is 5.11 Å². The van der Waals surface area contributed by atoms with E-state index < -0.39 is 6.10 Å². The second-order valence-electron chi connectivity index (χ2n) is 2.60. The lowest BCUT2D eigenvalue weighted by Crippen LogP contribution is -2.02. The Hall–Kier alpha value is -1.22. The number of hydrogen-bond donors (Lipinski definition) is 1. The predicted octanol–water partition coefficient (Wildman–Crippen LogP) is 2.05. The number of aliphatic hydroxyl groups is 1. The van der Waals surface area contributed by atoms with Gasteiger partial charge in [-0.25, -0.2) is 0 Å². The van der Waals surface area contributed by atoms with E-state index in [2.05, 4.69) is 24.2 Å². The van der Waals surface area contributed by atoms with Crippen LogP contribution in [0.1, 0.15) is 20.8 Å². The maximum atomic E-state index is 9.18. The first-order valence-corrected chi connectivity index (χ1v) is 3.81. The Morgan fingerprint density at radius 1 is 1.50 bits per heavy atom. The Labute approximate surface area is 74.1 Å². The van der Waals surface area contributed by atoms with E-state index in [9.17, 15) is 5.11 Å². The molecule has 0 saturated heterocycles. The van der Waals surface area contributed by atoms with Gasteiger partial charge < -0.3 is 5.11 Å². The fourth-order valence-corrected chi connectivity index (χ4v) is 0.607. The maximum Gasteiger partial charge on any atom is 0.0731 e. The number of allylic oxidation sites excluding steroid dienone is 2. The van der Waals surface area contributed by atoms with Crippen molar-refractivity contribution in [2.75, 3.05) is 0 Å². The summed E-state index contributed by atoms with van der Waals surface area (Å²) >= 11 is 0. The van der Waals surface area contributed by atoms with Crippen molar-refractivity contribution in [3.05, 3.63) is 29.5 Å². The number of aliphatic hydroxyl groups excluding tert-OH is 1. The Bertz CT molecular complexity index is 278. The first kappa shape index (κ1) is 10.8. The second-order valence-corrected chi connectivity index (χ2v) is 2.60. The zero-order valence-corrected chi connectivity index (χ0v) is 7.81. The third kappa shape index (κ3) is 3.83. The van der Waals surface area contributed by atoms with Gasteiger partial charge >= 0.3 is 0 Å². The Morgan fingerprint density at radius 2 is 2.08 bits per heavy atom. The average Bonchev–Trinajstić information content (AvgIpc) is 2.03. The molecular weight excluding hydrogens is 148 g/mol. The average molecular weight is 162 g/mol. The van der Waals surface area contributed by atoms with Gasteiger partial charge in [0.25, 0.3) is 0 Å². The number of hydrogen-bond acceptors (Lipinski definition) is 1. The molecule has 0 aromatic carbocycles. The molecule has 0 aromatic heterocycles. The van der Waals surface area contributed by atoms with Crippen LogP contribution in [-0.4, -0.2) is 11.2 Å². The first-order valence-electron chi connectivity index (χ1n) is 3.81. The van der Waals surface area contributed by atoms with Crippen LogP contribution < -0.4 is 0 Å². The number of rotatable bonds is 1. The Morgan fingerprint density at radius 3 is 2.50 bits per heavy atom. The molecule has 0 amide bonds. The van der Waals surface area contributed by atoms with E-state index in [4.69, 9.17) is 0 Å². The van der Waals surface area contributed by atoms with E-state index in [-0.39, 0.29) is 0 Å². The topological polar surface area (TPSA) is 20.2 Å². The normalized spacial score (nSPS) is 13.3.